The summed E-state index contributed by atoms with van der Waals surface area (Å²) >= 11 is 0. The summed E-state index contributed by atoms with van der Waals surface area (Å²) in [5.74, 6) is -6.38. The molecule has 4 N–H and O–H groups in total. The number of aliphatic hydroxyl groups excluding tert-OH is 1. The first-order valence-electron chi connectivity index (χ1n) is 20.7. The van der Waals surface area contributed by atoms with Crippen molar-refractivity contribution in [2.75, 3.05) is 16.0 Å². The molecule has 21 heteroatoms. The molecule has 0 spiro atoms. The number of hydrogen-bond acceptors (Lipinski definition) is 9. The SMILES string of the molecule is O=C(c1ccc(Oc2ccc(NC(=O)C(F)(F)F)cc2)cc1)c1cc(C(=O)c2ccc(Oc3ccc(NC(=O)C(F)(F)F)cc3)cc2)cc(C(O)c2ccc(Oc3ccc(NC(=O)C(F)(F)F)cc3)cc2)c1. The van der Waals surface area contributed by atoms with E-state index in [4.69, 9.17) is 14.2 Å². The van der Waals surface area contributed by atoms with Crippen LogP contribution in [0.1, 0.15) is 49.1 Å². The molecule has 0 aliphatic heterocycles. The zero-order valence-corrected chi connectivity index (χ0v) is 36.3. The number of nitrogens with one attached hydrogen (secondary N) is 3. The summed E-state index contributed by atoms with van der Waals surface area (Å²) in [5.41, 5.74) is 0.185. The first-order valence-corrected chi connectivity index (χ1v) is 20.7. The van der Waals surface area contributed by atoms with Gasteiger partial charge in [0.15, 0.2) is 11.6 Å². The quantitative estimate of drug-likeness (QED) is 0.0577. The highest BCUT2D eigenvalue weighted by Gasteiger charge is 2.40. The summed E-state index contributed by atoms with van der Waals surface area (Å²) in [5, 5.41) is 16.8. The minimum atomic E-state index is -5.09. The Morgan fingerprint density at radius 2 is 0.597 bits per heavy atom. The lowest BCUT2D eigenvalue weighted by Crippen LogP contribution is -2.29. The molecule has 368 valence electrons. The van der Waals surface area contributed by atoms with Gasteiger partial charge in [-0.05, 0) is 163 Å². The Balaban J connectivity index is 1.10. The van der Waals surface area contributed by atoms with Crippen LogP contribution in [0.25, 0.3) is 0 Å². The minimum absolute atomic E-state index is 0.0234. The fourth-order valence-corrected chi connectivity index (χ4v) is 6.50. The highest BCUT2D eigenvalue weighted by atomic mass is 19.4. The Kier molecular flexibility index (Phi) is 14.8. The highest BCUT2D eigenvalue weighted by Crippen LogP contribution is 2.32. The van der Waals surface area contributed by atoms with E-state index in [0.717, 1.165) is 0 Å². The molecule has 72 heavy (non-hydrogen) atoms. The van der Waals surface area contributed by atoms with Gasteiger partial charge in [0.05, 0.1) is 0 Å². The normalized spacial score (nSPS) is 12.0. The molecule has 12 nitrogen and oxygen atoms in total. The van der Waals surface area contributed by atoms with Gasteiger partial charge in [0, 0.05) is 39.3 Å². The van der Waals surface area contributed by atoms with Crippen LogP contribution >= 0.6 is 0 Å². The van der Waals surface area contributed by atoms with E-state index in [1.54, 1.807) is 16.0 Å². The number of carbonyl (C=O) groups is 5. The molecule has 0 saturated heterocycles. The van der Waals surface area contributed by atoms with E-state index in [2.05, 4.69) is 0 Å². The molecule has 0 aliphatic rings. The molecule has 7 aromatic rings. The molecule has 3 amide bonds. The van der Waals surface area contributed by atoms with E-state index >= 15 is 0 Å². The van der Waals surface area contributed by atoms with E-state index in [0.29, 0.717) is 0 Å². The number of ketones is 2. The first-order chi connectivity index (χ1) is 34.0. The van der Waals surface area contributed by atoms with E-state index in [1.807, 2.05) is 0 Å². The third-order valence-electron chi connectivity index (χ3n) is 10.0. The van der Waals surface area contributed by atoms with Gasteiger partial charge in [-0.3, -0.25) is 24.0 Å². The molecule has 0 fully saturated rings. The number of benzene rings is 7. The molecule has 1 unspecified atom stereocenters. The minimum Gasteiger partial charge on any atom is -0.457 e. The third-order valence-corrected chi connectivity index (χ3v) is 10.0. The highest BCUT2D eigenvalue weighted by molar-refractivity contribution is 6.13. The van der Waals surface area contributed by atoms with Gasteiger partial charge in [-0.2, -0.15) is 39.5 Å². The molecule has 0 radical (unpaired) electrons. The summed E-state index contributed by atoms with van der Waals surface area (Å²) < 4.78 is 131. The molecule has 0 aromatic heterocycles. The van der Waals surface area contributed by atoms with Crippen LogP contribution in [0, 0.1) is 0 Å². The van der Waals surface area contributed by atoms with Gasteiger partial charge in [0.2, 0.25) is 0 Å². The van der Waals surface area contributed by atoms with Crippen molar-refractivity contribution in [1.82, 2.24) is 0 Å². The largest absolute Gasteiger partial charge is 0.471 e. The maximum atomic E-state index is 14.1. The van der Waals surface area contributed by atoms with E-state index in [-0.39, 0.29) is 84.9 Å². The predicted molar refractivity (Wildman–Crippen MR) is 240 cm³/mol. The number of halogens is 9. The van der Waals surface area contributed by atoms with Gasteiger partial charge < -0.3 is 35.3 Å². The van der Waals surface area contributed by atoms with Crippen LogP contribution in [0.15, 0.2) is 164 Å². The van der Waals surface area contributed by atoms with Gasteiger partial charge in [-0.25, -0.2) is 0 Å². The summed E-state index contributed by atoms with van der Waals surface area (Å²) in [6.07, 6.45) is -16.7. The summed E-state index contributed by atoms with van der Waals surface area (Å²) in [6, 6.07) is 36.5. The maximum absolute atomic E-state index is 14.1. The van der Waals surface area contributed by atoms with E-state index < -0.39 is 53.9 Å². The molecule has 7 aromatic carbocycles. The number of anilines is 3. The van der Waals surface area contributed by atoms with Gasteiger partial charge in [0.25, 0.3) is 0 Å². The van der Waals surface area contributed by atoms with Crippen LogP contribution in [-0.2, 0) is 14.4 Å². The van der Waals surface area contributed by atoms with Crippen LogP contribution in [0.3, 0.4) is 0 Å². The van der Waals surface area contributed by atoms with Crippen molar-refractivity contribution in [2.45, 2.75) is 24.6 Å². The predicted octanol–water partition coefficient (Wildman–Crippen LogP) is 12.1. The summed E-state index contributed by atoms with van der Waals surface area (Å²) in [6.45, 7) is 0. The van der Waals surface area contributed by atoms with Crippen molar-refractivity contribution in [2.24, 2.45) is 0 Å². The fourth-order valence-electron chi connectivity index (χ4n) is 6.50. The van der Waals surface area contributed by atoms with Crippen LogP contribution in [0.5, 0.6) is 34.5 Å². The number of carbonyl (C=O) groups excluding carboxylic acids is 5. The van der Waals surface area contributed by atoms with Crippen molar-refractivity contribution in [1.29, 1.82) is 0 Å². The second kappa shape index (κ2) is 20.9. The number of hydrogen-bond donors (Lipinski definition) is 4. The Morgan fingerprint density at radius 3 is 0.861 bits per heavy atom. The lowest BCUT2D eigenvalue weighted by molar-refractivity contribution is -0.167. The van der Waals surface area contributed by atoms with Gasteiger partial charge in [-0.1, -0.05) is 12.1 Å². The van der Waals surface area contributed by atoms with Crippen LogP contribution < -0.4 is 30.2 Å². The van der Waals surface area contributed by atoms with Crippen LogP contribution in [0.2, 0.25) is 0 Å². The number of alkyl halides is 9. The standard InChI is InChI=1S/C51H32F9N3O9/c52-49(53,54)46(67)61-34-7-19-40(20-8-34)70-37-13-1-28(2-14-37)43(64)31-25-32(44(65)29-3-15-38(16-4-29)71-41-21-9-35(10-22-41)62-47(68)50(55,56)57)27-33(26-31)45(66)30-5-17-39(18-6-30)72-42-23-11-36(12-24-42)63-48(69)51(58,59)60/h1-27,43,64H,(H,61,67)(H,62,68)(H,63,69). The zero-order chi connectivity index (χ0) is 52.0. The lowest BCUT2D eigenvalue weighted by atomic mass is 9.91. The molecule has 7 rings (SSSR count). The van der Waals surface area contributed by atoms with Crippen LogP contribution in [0.4, 0.5) is 56.6 Å². The molecular weight excluding hydrogens is 970 g/mol. The Hall–Kier alpha value is -8.98. The van der Waals surface area contributed by atoms with Gasteiger partial charge in [-0.15, -0.1) is 0 Å². The molecule has 0 bridgehead atoms. The first kappa shape index (κ1) is 50.9. The number of rotatable bonds is 15. The molecule has 0 aliphatic carbocycles. The van der Waals surface area contributed by atoms with Gasteiger partial charge >= 0.3 is 36.3 Å². The fraction of sp³-hybridized carbons (Fsp3) is 0.0784. The monoisotopic (exact) mass is 1000 g/mol. The lowest BCUT2D eigenvalue weighted by Gasteiger charge is -2.16. The average Bonchev–Trinajstić information content (AvgIpc) is 3.34. The zero-order valence-electron chi connectivity index (χ0n) is 36.3. The Labute approximate surface area is 400 Å². The van der Waals surface area contributed by atoms with Gasteiger partial charge in [0.1, 0.15) is 40.6 Å². The second-order valence-electron chi connectivity index (χ2n) is 15.3. The van der Waals surface area contributed by atoms with E-state index in [9.17, 15) is 68.6 Å². The maximum Gasteiger partial charge on any atom is 0.471 e. The van der Waals surface area contributed by atoms with Crippen LogP contribution in [-0.4, -0.2) is 52.9 Å². The summed E-state index contributed by atoms with van der Waals surface area (Å²) in [7, 11) is 0. The van der Waals surface area contributed by atoms with Crippen molar-refractivity contribution in [3.8, 4) is 34.5 Å². The Morgan fingerprint density at radius 1 is 0.347 bits per heavy atom. The van der Waals surface area contributed by atoms with E-state index in [1.165, 1.54) is 164 Å². The third kappa shape index (κ3) is 13.2. The van der Waals surface area contributed by atoms with Crippen molar-refractivity contribution in [3.05, 3.63) is 197 Å². The smallest absolute Gasteiger partial charge is 0.457 e. The molecule has 1 atom stereocenters. The topological polar surface area (TPSA) is 169 Å². The number of aliphatic hydroxyl groups is 1. The average molecular weight is 1000 g/mol. The van der Waals surface area contributed by atoms with Crippen molar-refractivity contribution in [3.63, 3.8) is 0 Å². The Bertz CT molecular complexity index is 2960. The molecule has 0 saturated carbocycles. The second-order valence-corrected chi connectivity index (χ2v) is 15.3. The molecule has 0 heterocycles. The van der Waals surface area contributed by atoms with Crippen molar-refractivity contribution >= 4 is 46.4 Å². The number of ether oxygens (including phenoxy) is 3. The number of amides is 3. The molecular formula is C51H32F9N3O9. The summed E-state index contributed by atoms with van der Waals surface area (Å²) in [4.78, 5) is 62.0. The van der Waals surface area contributed by atoms with Crippen molar-refractivity contribution < 1.29 is 82.8 Å².